The summed E-state index contributed by atoms with van der Waals surface area (Å²) < 4.78 is 30.2. The SMILES string of the molecule is NC(CS)Cc1ccc(S(=O)(=O)O)cc1. The lowest BCUT2D eigenvalue weighted by Gasteiger charge is -2.08. The Balaban J connectivity index is 2.82. The van der Waals surface area contributed by atoms with Gasteiger partial charge in [0.1, 0.15) is 0 Å². The van der Waals surface area contributed by atoms with Crippen LogP contribution >= 0.6 is 12.6 Å². The predicted octanol–water partition coefficient (Wildman–Crippen LogP) is 0.733. The largest absolute Gasteiger partial charge is 0.327 e. The van der Waals surface area contributed by atoms with Crippen LogP contribution < -0.4 is 5.73 Å². The monoisotopic (exact) mass is 247 g/mol. The fraction of sp³-hybridized carbons (Fsp3) is 0.333. The molecule has 0 radical (unpaired) electrons. The first kappa shape index (κ1) is 12.5. The van der Waals surface area contributed by atoms with Crippen LogP contribution in [0.3, 0.4) is 0 Å². The molecule has 84 valence electrons. The Hall–Kier alpha value is -0.560. The molecule has 0 heterocycles. The van der Waals surface area contributed by atoms with Gasteiger partial charge in [0, 0.05) is 11.8 Å². The Bertz CT molecular complexity index is 413. The molecule has 0 saturated carbocycles. The summed E-state index contributed by atoms with van der Waals surface area (Å²) in [6.07, 6.45) is 0.634. The highest BCUT2D eigenvalue weighted by Gasteiger charge is 2.09. The zero-order chi connectivity index (χ0) is 11.5. The smallest absolute Gasteiger partial charge is 0.294 e. The number of hydrogen-bond donors (Lipinski definition) is 3. The molecule has 0 aliphatic heterocycles. The van der Waals surface area contributed by atoms with Crippen molar-refractivity contribution in [1.29, 1.82) is 0 Å². The molecule has 0 amide bonds. The minimum Gasteiger partial charge on any atom is -0.327 e. The van der Waals surface area contributed by atoms with Gasteiger partial charge in [-0.15, -0.1) is 0 Å². The highest BCUT2D eigenvalue weighted by Crippen LogP contribution is 2.11. The van der Waals surface area contributed by atoms with E-state index in [1.807, 2.05) is 0 Å². The van der Waals surface area contributed by atoms with E-state index in [2.05, 4.69) is 12.6 Å². The van der Waals surface area contributed by atoms with Gasteiger partial charge in [-0.1, -0.05) is 12.1 Å². The van der Waals surface area contributed by atoms with Gasteiger partial charge in [-0.3, -0.25) is 4.55 Å². The average molecular weight is 247 g/mol. The fourth-order valence-corrected chi connectivity index (χ4v) is 1.77. The molecular formula is C9H13NO3S2. The van der Waals surface area contributed by atoms with E-state index in [1.165, 1.54) is 12.1 Å². The van der Waals surface area contributed by atoms with E-state index >= 15 is 0 Å². The molecule has 1 unspecified atom stereocenters. The minimum atomic E-state index is -4.10. The molecule has 1 aromatic rings. The van der Waals surface area contributed by atoms with Gasteiger partial charge in [0.2, 0.25) is 0 Å². The first-order chi connectivity index (χ1) is 6.93. The summed E-state index contributed by atoms with van der Waals surface area (Å²) in [5.41, 5.74) is 6.61. The third-order valence-corrected chi connectivity index (χ3v) is 3.29. The molecule has 15 heavy (non-hydrogen) atoms. The van der Waals surface area contributed by atoms with Gasteiger partial charge < -0.3 is 5.73 Å². The second kappa shape index (κ2) is 4.98. The molecule has 0 aromatic heterocycles. The summed E-state index contributed by atoms with van der Waals surface area (Å²) in [7, 11) is -4.10. The summed E-state index contributed by atoms with van der Waals surface area (Å²) in [5, 5.41) is 0. The van der Waals surface area contributed by atoms with Crippen molar-refractivity contribution in [3.05, 3.63) is 29.8 Å². The van der Waals surface area contributed by atoms with E-state index in [-0.39, 0.29) is 10.9 Å². The first-order valence-electron chi connectivity index (χ1n) is 4.36. The van der Waals surface area contributed by atoms with Crippen molar-refractivity contribution in [2.75, 3.05) is 5.75 Å². The van der Waals surface area contributed by atoms with Crippen LogP contribution in [0.15, 0.2) is 29.2 Å². The molecule has 0 aliphatic carbocycles. The van der Waals surface area contributed by atoms with Crippen molar-refractivity contribution in [3.63, 3.8) is 0 Å². The van der Waals surface area contributed by atoms with Crippen LogP contribution in [-0.2, 0) is 16.5 Å². The van der Waals surface area contributed by atoms with Gasteiger partial charge in [0.05, 0.1) is 4.90 Å². The summed E-state index contributed by atoms with van der Waals surface area (Å²) >= 11 is 4.05. The molecule has 1 atom stereocenters. The Morgan fingerprint density at radius 1 is 1.33 bits per heavy atom. The van der Waals surface area contributed by atoms with Crippen LogP contribution in [0.2, 0.25) is 0 Å². The Labute approximate surface area is 94.6 Å². The Kier molecular flexibility index (Phi) is 4.15. The number of benzene rings is 1. The van der Waals surface area contributed by atoms with Gasteiger partial charge >= 0.3 is 0 Å². The molecule has 0 bridgehead atoms. The maximum Gasteiger partial charge on any atom is 0.294 e. The van der Waals surface area contributed by atoms with E-state index in [9.17, 15) is 8.42 Å². The molecule has 0 saturated heterocycles. The number of thiol groups is 1. The maximum absolute atomic E-state index is 10.7. The first-order valence-corrected chi connectivity index (χ1v) is 6.43. The van der Waals surface area contributed by atoms with E-state index in [1.54, 1.807) is 12.1 Å². The zero-order valence-corrected chi connectivity index (χ0v) is 9.71. The van der Waals surface area contributed by atoms with Crippen molar-refractivity contribution in [2.45, 2.75) is 17.4 Å². The topological polar surface area (TPSA) is 80.4 Å². The minimum absolute atomic E-state index is 0.0510. The van der Waals surface area contributed by atoms with Crippen LogP contribution in [0.1, 0.15) is 5.56 Å². The molecule has 1 aromatic carbocycles. The van der Waals surface area contributed by atoms with Crippen LogP contribution in [0, 0.1) is 0 Å². The molecule has 0 aliphatic rings. The summed E-state index contributed by atoms with van der Waals surface area (Å²) in [5.74, 6) is 0.569. The molecule has 6 heteroatoms. The second-order valence-corrected chi connectivity index (χ2v) is 5.05. The van der Waals surface area contributed by atoms with Crippen molar-refractivity contribution in [3.8, 4) is 0 Å². The molecule has 3 N–H and O–H groups in total. The number of rotatable bonds is 4. The van der Waals surface area contributed by atoms with Gasteiger partial charge in [-0.2, -0.15) is 21.0 Å². The zero-order valence-electron chi connectivity index (χ0n) is 8.00. The molecular weight excluding hydrogens is 234 g/mol. The van der Waals surface area contributed by atoms with Crippen molar-refractivity contribution in [1.82, 2.24) is 0 Å². The van der Waals surface area contributed by atoms with E-state index < -0.39 is 10.1 Å². The van der Waals surface area contributed by atoms with Crippen LogP contribution in [0.25, 0.3) is 0 Å². The Morgan fingerprint density at radius 3 is 2.27 bits per heavy atom. The van der Waals surface area contributed by atoms with Crippen LogP contribution in [-0.4, -0.2) is 24.8 Å². The lowest BCUT2D eigenvalue weighted by molar-refractivity contribution is 0.483. The van der Waals surface area contributed by atoms with Gasteiger partial charge in [-0.25, -0.2) is 0 Å². The quantitative estimate of drug-likeness (QED) is 0.541. The summed E-state index contributed by atoms with van der Waals surface area (Å²) in [6.45, 7) is 0. The van der Waals surface area contributed by atoms with E-state index in [4.69, 9.17) is 10.3 Å². The highest BCUT2D eigenvalue weighted by atomic mass is 32.2. The normalized spacial score (nSPS) is 13.8. The summed E-state index contributed by atoms with van der Waals surface area (Å²) in [6, 6.07) is 5.93. The van der Waals surface area contributed by atoms with Crippen molar-refractivity contribution < 1.29 is 13.0 Å². The maximum atomic E-state index is 10.7. The number of hydrogen-bond acceptors (Lipinski definition) is 4. The van der Waals surface area contributed by atoms with E-state index in [0.29, 0.717) is 12.2 Å². The van der Waals surface area contributed by atoms with Crippen LogP contribution in [0.4, 0.5) is 0 Å². The highest BCUT2D eigenvalue weighted by molar-refractivity contribution is 7.85. The van der Waals surface area contributed by atoms with Crippen molar-refractivity contribution >= 4 is 22.7 Å². The Morgan fingerprint density at radius 2 is 1.87 bits per heavy atom. The van der Waals surface area contributed by atoms with Gasteiger partial charge in [0.15, 0.2) is 0 Å². The lowest BCUT2D eigenvalue weighted by atomic mass is 10.1. The average Bonchev–Trinajstić information content (AvgIpc) is 2.17. The predicted molar refractivity (Wildman–Crippen MR) is 61.8 cm³/mol. The second-order valence-electron chi connectivity index (χ2n) is 3.27. The van der Waals surface area contributed by atoms with Crippen molar-refractivity contribution in [2.24, 2.45) is 5.73 Å². The van der Waals surface area contributed by atoms with Crippen LogP contribution in [0.5, 0.6) is 0 Å². The van der Waals surface area contributed by atoms with Gasteiger partial charge in [0.25, 0.3) is 10.1 Å². The molecule has 1 rings (SSSR count). The van der Waals surface area contributed by atoms with E-state index in [0.717, 1.165) is 5.56 Å². The lowest BCUT2D eigenvalue weighted by Crippen LogP contribution is -2.24. The standard InChI is InChI=1S/C9H13NO3S2/c10-8(6-14)5-7-1-3-9(4-2-7)15(11,12)13/h1-4,8,14H,5-6,10H2,(H,11,12,13). The fourth-order valence-electron chi connectivity index (χ4n) is 1.16. The molecule has 0 fully saturated rings. The molecule has 0 spiro atoms. The molecule has 4 nitrogen and oxygen atoms in total. The number of nitrogens with two attached hydrogens (primary N) is 1. The van der Waals surface area contributed by atoms with Gasteiger partial charge in [-0.05, 0) is 24.1 Å². The third-order valence-electron chi connectivity index (χ3n) is 1.95. The third kappa shape index (κ3) is 3.83. The summed E-state index contributed by atoms with van der Waals surface area (Å²) in [4.78, 5) is -0.106.